The van der Waals surface area contributed by atoms with E-state index in [4.69, 9.17) is 17.0 Å². The number of piperidine rings is 1. The summed E-state index contributed by atoms with van der Waals surface area (Å²) in [5.41, 5.74) is 2.13. The first-order valence-electron chi connectivity index (χ1n) is 7.16. The fourth-order valence-corrected chi connectivity index (χ4v) is 3.37. The molecular formula is C15H21N3OS. The number of rotatable bonds is 3. The molecule has 0 aliphatic carbocycles. The Morgan fingerprint density at radius 1 is 1.40 bits per heavy atom. The molecule has 20 heavy (non-hydrogen) atoms. The summed E-state index contributed by atoms with van der Waals surface area (Å²) in [7, 11) is 3.90. The van der Waals surface area contributed by atoms with Crippen LogP contribution in [-0.2, 0) is 6.54 Å². The molecule has 1 aliphatic rings. The molecule has 1 aliphatic heterocycles. The molecule has 1 aromatic heterocycles. The van der Waals surface area contributed by atoms with Gasteiger partial charge in [0.25, 0.3) is 0 Å². The molecule has 2 heterocycles. The molecule has 2 aromatic rings. The molecule has 1 N–H and O–H groups in total. The minimum atomic E-state index is 0.570. The zero-order chi connectivity index (χ0) is 14.1. The smallest absolute Gasteiger partial charge is 0.178 e. The first kappa shape index (κ1) is 13.6. The molecule has 4 nitrogen and oxygen atoms in total. The van der Waals surface area contributed by atoms with Crippen molar-refractivity contribution in [2.24, 2.45) is 0 Å². The zero-order valence-electron chi connectivity index (χ0n) is 12.1. The highest BCUT2D eigenvalue weighted by atomic mass is 32.1. The lowest BCUT2D eigenvalue weighted by Gasteiger charge is -2.32. The van der Waals surface area contributed by atoms with E-state index in [1.54, 1.807) is 7.11 Å². The predicted molar refractivity (Wildman–Crippen MR) is 83.9 cm³/mol. The van der Waals surface area contributed by atoms with Crippen LogP contribution < -0.4 is 4.74 Å². The number of fused-ring (bicyclic) bond motifs is 1. The number of nitrogens with one attached hydrogen (secondary N) is 1. The molecule has 0 amide bonds. The van der Waals surface area contributed by atoms with Gasteiger partial charge in [0, 0.05) is 12.6 Å². The highest BCUT2D eigenvalue weighted by Gasteiger charge is 2.20. The third-order valence-electron chi connectivity index (χ3n) is 4.31. The summed E-state index contributed by atoms with van der Waals surface area (Å²) in [5.74, 6) is 0.851. The number of para-hydroxylation sites is 1. The van der Waals surface area contributed by atoms with E-state index in [9.17, 15) is 0 Å². The number of aromatic amines is 1. The van der Waals surface area contributed by atoms with Crippen LogP contribution in [-0.4, -0.2) is 41.2 Å². The molecule has 5 heteroatoms. The van der Waals surface area contributed by atoms with Crippen molar-refractivity contribution in [1.82, 2.24) is 14.5 Å². The molecule has 3 rings (SSSR count). The lowest BCUT2D eigenvalue weighted by Crippen LogP contribution is -2.39. The van der Waals surface area contributed by atoms with Gasteiger partial charge in [-0.1, -0.05) is 12.5 Å². The van der Waals surface area contributed by atoms with E-state index in [1.165, 1.54) is 25.8 Å². The van der Waals surface area contributed by atoms with Gasteiger partial charge in [-0.15, -0.1) is 0 Å². The van der Waals surface area contributed by atoms with Gasteiger partial charge in [0.05, 0.1) is 12.6 Å². The Kier molecular flexibility index (Phi) is 3.81. The van der Waals surface area contributed by atoms with Gasteiger partial charge >= 0.3 is 0 Å². The standard InChI is InChI=1S/C15H21N3OS/c1-17-9-4-3-6-11(17)10-18-12-7-5-8-13(19-2)14(12)16-15(18)20/h5,7-8,11H,3-4,6,9-10H2,1-2H3,(H,16,20). The maximum atomic E-state index is 5.50. The lowest BCUT2D eigenvalue weighted by molar-refractivity contribution is 0.168. The van der Waals surface area contributed by atoms with E-state index in [0.717, 1.165) is 28.1 Å². The number of H-pyrrole nitrogens is 1. The summed E-state index contributed by atoms with van der Waals surface area (Å²) in [6.45, 7) is 2.13. The molecular weight excluding hydrogens is 270 g/mol. The van der Waals surface area contributed by atoms with Crippen molar-refractivity contribution in [3.63, 3.8) is 0 Å². The number of ether oxygens (including phenoxy) is 1. The van der Waals surface area contributed by atoms with Crippen LogP contribution in [0.3, 0.4) is 0 Å². The van der Waals surface area contributed by atoms with E-state index in [2.05, 4.69) is 27.6 Å². The Labute approximate surface area is 124 Å². The lowest BCUT2D eigenvalue weighted by atomic mass is 10.0. The molecule has 108 valence electrons. The molecule has 0 saturated carbocycles. The van der Waals surface area contributed by atoms with Gasteiger partial charge < -0.3 is 19.2 Å². The van der Waals surface area contributed by atoms with Crippen LogP contribution in [0, 0.1) is 4.77 Å². The second kappa shape index (κ2) is 5.58. The van der Waals surface area contributed by atoms with Crippen molar-refractivity contribution in [3.8, 4) is 5.75 Å². The maximum absolute atomic E-state index is 5.50. The van der Waals surface area contributed by atoms with Crippen molar-refractivity contribution in [1.29, 1.82) is 0 Å². The second-order valence-electron chi connectivity index (χ2n) is 5.53. The first-order chi connectivity index (χ1) is 9.70. The number of nitrogens with zero attached hydrogens (tertiary/aromatic N) is 2. The molecule has 0 radical (unpaired) electrons. The highest BCUT2D eigenvalue weighted by molar-refractivity contribution is 7.71. The van der Waals surface area contributed by atoms with Crippen molar-refractivity contribution in [2.75, 3.05) is 20.7 Å². The van der Waals surface area contributed by atoms with Crippen LogP contribution in [0.15, 0.2) is 18.2 Å². The zero-order valence-corrected chi connectivity index (χ0v) is 12.9. The second-order valence-corrected chi connectivity index (χ2v) is 5.91. The normalized spacial score (nSPS) is 20.4. The molecule has 1 unspecified atom stereocenters. The monoisotopic (exact) mass is 291 g/mol. The van der Waals surface area contributed by atoms with Crippen LogP contribution in [0.4, 0.5) is 0 Å². The van der Waals surface area contributed by atoms with E-state index in [1.807, 2.05) is 12.1 Å². The average molecular weight is 291 g/mol. The minimum absolute atomic E-state index is 0.570. The van der Waals surface area contributed by atoms with Crippen LogP contribution >= 0.6 is 12.2 Å². The number of methoxy groups -OCH3 is 1. The van der Waals surface area contributed by atoms with Gasteiger partial charge in [-0.3, -0.25) is 0 Å². The van der Waals surface area contributed by atoms with E-state index < -0.39 is 0 Å². The Hall–Kier alpha value is -1.33. The predicted octanol–water partition coefficient (Wildman–Crippen LogP) is 3.19. The number of imidazole rings is 1. The summed E-state index contributed by atoms with van der Waals surface area (Å²) < 4.78 is 8.39. The summed E-state index contributed by atoms with van der Waals surface area (Å²) in [6, 6.07) is 6.66. The Balaban J connectivity index is 1.99. The summed E-state index contributed by atoms with van der Waals surface area (Å²) in [6.07, 6.45) is 3.86. The molecule has 1 saturated heterocycles. The van der Waals surface area contributed by atoms with Crippen molar-refractivity contribution >= 4 is 23.3 Å². The molecule has 1 fully saturated rings. The molecule has 1 atom stereocenters. The quantitative estimate of drug-likeness (QED) is 0.882. The van der Waals surface area contributed by atoms with Gasteiger partial charge in [0.15, 0.2) is 4.77 Å². The van der Waals surface area contributed by atoms with Gasteiger partial charge in [-0.2, -0.15) is 0 Å². The number of benzene rings is 1. The maximum Gasteiger partial charge on any atom is 0.178 e. The number of aromatic nitrogens is 2. The van der Waals surface area contributed by atoms with E-state index in [0.29, 0.717) is 6.04 Å². The Morgan fingerprint density at radius 3 is 3.00 bits per heavy atom. The largest absolute Gasteiger partial charge is 0.494 e. The topological polar surface area (TPSA) is 33.2 Å². The Bertz CT molecular complexity index is 661. The van der Waals surface area contributed by atoms with Crippen LogP contribution in [0.2, 0.25) is 0 Å². The highest BCUT2D eigenvalue weighted by Crippen LogP contribution is 2.26. The summed E-state index contributed by atoms with van der Waals surface area (Å²) in [5, 5.41) is 0. The first-order valence-corrected chi connectivity index (χ1v) is 7.57. The Morgan fingerprint density at radius 2 is 2.25 bits per heavy atom. The minimum Gasteiger partial charge on any atom is -0.494 e. The fraction of sp³-hybridized carbons (Fsp3) is 0.533. The summed E-state index contributed by atoms with van der Waals surface area (Å²) >= 11 is 5.50. The third-order valence-corrected chi connectivity index (χ3v) is 4.63. The van der Waals surface area contributed by atoms with Crippen LogP contribution in [0.5, 0.6) is 5.75 Å². The van der Waals surface area contributed by atoms with Crippen molar-refractivity contribution < 1.29 is 4.74 Å². The molecule has 0 bridgehead atoms. The SMILES string of the molecule is COc1cccc2c1[nH]c(=S)n2CC1CCCCN1C. The fourth-order valence-electron chi connectivity index (χ4n) is 3.09. The van der Waals surface area contributed by atoms with Crippen LogP contribution in [0.1, 0.15) is 19.3 Å². The number of hydrogen-bond donors (Lipinski definition) is 1. The number of hydrogen-bond acceptors (Lipinski definition) is 3. The summed E-state index contributed by atoms with van der Waals surface area (Å²) in [4.78, 5) is 5.73. The average Bonchev–Trinajstić information content (AvgIpc) is 2.77. The van der Waals surface area contributed by atoms with Gasteiger partial charge in [0.1, 0.15) is 11.3 Å². The molecule has 0 spiro atoms. The van der Waals surface area contributed by atoms with Gasteiger partial charge in [0.2, 0.25) is 0 Å². The van der Waals surface area contributed by atoms with Gasteiger partial charge in [-0.25, -0.2) is 0 Å². The number of likely N-dealkylation sites (N-methyl/N-ethyl adjacent to an activating group) is 1. The van der Waals surface area contributed by atoms with Gasteiger partial charge in [-0.05, 0) is 50.8 Å². The van der Waals surface area contributed by atoms with Crippen molar-refractivity contribution in [3.05, 3.63) is 23.0 Å². The molecule has 1 aromatic carbocycles. The number of likely N-dealkylation sites (tertiary alicyclic amines) is 1. The van der Waals surface area contributed by atoms with E-state index >= 15 is 0 Å². The van der Waals surface area contributed by atoms with Crippen LogP contribution in [0.25, 0.3) is 11.0 Å². The van der Waals surface area contributed by atoms with Crippen molar-refractivity contribution in [2.45, 2.75) is 31.8 Å². The van der Waals surface area contributed by atoms with E-state index in [-0.39, 0.29) is 0 Å². The third kappa shape index (κ3) is 2.36.